The summed E-state index contributed by atoms with van der Waals surface area (Å²) in [7, 11) is 0. The monoisotopic (exact) mass is 389 g/mol. The minimum atomic E-state index is -0.239. The fourth-order valence-corrected chi connectivity index (χ4v) is 2.90. The van der Waals surface area contributed by atoms with Crippen LogP contribution in [0.1, 0.15) is 21.8 Å². The number of nitrogens with one attached hydrogen (secondary N) is 2. The molecule has 0 spiro atoms. The fraction of sp³-hybridized carbons (Fsp3) is 0.158. The van der Waals surface area contributed by atoms with Crippen LogP contribution in [-0.4, -0.2) is 17.4 Å². The van der Waals surface area contributed by atoms with Crippen LogP contribution < -0.4 is 10.6 Å². The van der Waals surface area contributed by atoms with Gasteiger partial charge in [0, 0.05) is 28.5 Å². The molecule has 0 bridgehead atoms. The summed E-state index contributed by atoms with van der Waals surface area (Å²) in [6, 6.07) is 12.5. The molecule has 7 heteroatoms. The molecule has 0 saturated heterocycles. The van der Waals surface area contributed by atoms with Gasteiger partial charge < -0.3 is 15.1 Å². The maximum absolute atomic E-state index is 12.3. The van der Waals surface area contributed by atoms with Crippen LogP contribution in [-0.2, 0) is 13.0 Å². The van der Waals surface area contributed by atoms with Crippen LogP contribution in [0.15, 0.2) is 59.3 Å². The van der Waals surface area contributed by atoms with Gasteiger partial charge in [0.25, 0.3) is 5.91 Å². The lowest BCUT2D eigenvalue weighted by Crippen LogP contribution is -2.26. The number of benzene rings is 1. The highest BCUT2D eigenvalue weighted by atomic mass is 35.5. The van der Waals surface area contributed by atoms with E-state index < -0.39 is 0 Å². The van der Waals surface area contributed by atoms with Gasteiger partial charge in [0.15, 0.2) is 0 Å². The normalized spacial score (nSPS) is 10.5. The molecule has 0 aliphatic heterocycles. The molecule has 0 aliphatic carbocycles. The molecule has 3 aromatic rings. The Labute approximate surface area is 161 Å². The highest BCUT2D eigenvalue weighted by Gasteiger charge is 2.09. The SMILES string of the molecule is O=C(NCCc1ccc(Cl)cc1Cl)c1cc(NCc2ccco2)ccn1. The van der Waals surface area contributed by atoms with Crippen LogP contribution in [0.4, 0.5) is 5.69 Å². The first-order valence-electron chi connectivity index (χ1n) is 8.06. The van der Waals surface area contributed by atoms with E-state index in [1.54, 1.807) is 36.7 Å². The first-order valence-corrected chi connectivity index (χ1v) is 8.82. The van der Waals surface area contributed by atoms with E-state index in [0.717, 1.165) is 17.0 Å². The third kappa shape index (κ3) is 5.00. The zero-order valence-corrected chi connectivity index (χ0v) is 15.3. The maximum Gasteiger partial charge on any atom is 0.269 e. The predicted molar refractivity (Wildman–Crippen MR) is 103 cm³/mol. The highest BCUT2D eigenvalue weighted by Crippen LogP contribution is 2.21. The molecule has 0 atom stereocenters. The van der Waals surface area contributed by atoms with E-state index in [-0.39, 0.29) is 5.91 Å². The van der Waals surface area contributed by atoms with Crippen molar-refractivity contribution < 1.29 is 9.21 Å². The topological polar surface area (TPSA) is 67.2 Å². The average Bonchev–Trinajstić information content (AvgIpc) is 3.15. The second-order valence-electron chi connectivity index (χ2n) is 5.60. The summed E-state index contributed by atoms with van der Waals surface area (Å²) in [6.45, 7) is 0.985. The largest absolute Gasteiger partial charge is 0.467 e. The molecule has 0 aliphatic rings. The summed E-state index contributed by atoms with van der Waals surface area (Å²) >= 11 is 12.0. The van der Waals surface area contributed by atoms with Crippen molar-refractivity contribution in [3.8, 4) is 0 Å². The second kappa shape index (κ2) is 8.74. The van der Waals surface area contributed by atoms with Gasteiger partial charge in [-0.2, -0.15) is 0 Å². The van der Waals surface area contributed by atoms with E-state index in [4.69, 9.17) is 27.6 Å². The third-order valence-corrected chi connectivity index (χ3v) is 4.32. The Kier molecular flexibility index (Phi) is 6.15. The number of carbonyl (C=O) groups is 1. The van der Waals surface area contributed by atoms with Crippen molar-refractivity contribution in [2.45, 2.75) is 13.0 Å². The van der Waals surface area contributed by atoms with Gasteiger partial charge in [-0.05, 0) is 48.4 Å². The highest BCUT2D eigenvalue weighted by molar-refractivity contribution is 6.35. The van der Waals surface area contributed by atoms with Crippen molar-refractivity contribution >= 4 is 34.8 Å². The summed E-state index contributed by atoms with van der Waals surface area (Å²) in [5.74, 6) is 0.574. The molecule has 0 saturated carbocycles. The summed E-state index contributed by atoms with van der Waals surface area (Å²) in [5, 5.41) is 7.22. The third-order valence-electron chi connectivity index (χ3n) is 3.73. The average molecular weight is 390 g/mol. The number of amides is 1. The molecule has 1 aromatic carbocycles. The van der Waals surface area contributed by atoms with E-state index in [1.165, 1.54) is 0 Å². The minimum absolute atomic E-state index is 0.239. The number of aromatic nitrogens is 1. The van der Waals surface area contributed by atoms with Crippen molar-refractivity contribution in [1.82, 2.24) is 10.3 Å². The minimum Gasteiger partial charge on any atom is -0.467 e. The lowest BCUT2D eigenvalue weighted by molar-refractivity contribution is 0.0949. The van der Waals surface area contributed by atoms with Crippen molar-refractivity contribution in [2.24, 2.45) is 0 Å². The smallest absolute Gasteiger partial charge is 0.269 e. The molecule has 2 heterocycles. The van der Waals surface area contributed by atoms with Gasteiger partial charge in [-0.25, -0.2) is 0 Å². The number of halogens is 2. The molecule has 134 valence electrons. The summed E-state index contributed by atoms with van der Waals surface area (Å²) < 4.78 is 5.27. The van der Waals surface area contributed by atoms with E-state index in [0.29, 0.717) is 35.2 Å². The summed E-state index contributed by atoms with van der Waals surface area (Å²) in [6.07, 6.45) is 3.82. The number of hydrogen-bond donors (Lipinski definition) is 2. The first kappa shape index (κ1) is 18.3. The molecule has 0 fully saturated rings. The number of rotatable bonds is 7. The Morgan fingerprint density at radius 1 is 1.15 bits per heavy atom. The number of anilines is 1. The van der Waals surface area contributed by atoms with Crippen LogP contribution >= 0.6 is 23.2 Å². The molecule has 26 heavy (non-hydrogen) atoms. The second-order valence-corrected chi connectivity index (χ2v) is 6.45. The van der Waals surface area contributed by atoms with Gasteiger partial charge in [0.1, 0.15) is 11.5 Å². The molecule has 0 unspecified atom stereocenters. The number of carbonyl (C=O) groups excluding carboxylic acids is 1. The lowest BCUT2D eigenvalue weighted by atomic mass is 10.1. The van der Waals surface area contributed by atoms with Crippen molar-refractivity contribution in [2.75, 3.05) is 11.9 Å². The van der Waals surface area contributed by atoms with Gasteiger partial charge in [0.05, 0.1) is 12.8 Å². The zero-order valence-electron chi connectivity index (χ0n) is 13.8. The molecule has 1 amide bonds. The standard InChI is InChI=1S/C19H17Cl2N3O2/c20-14-4-3-13(17(21)10-14)5-7-23-19(25)18-11-15(6-8-22-18)24-12-16-2-1-9-26-16/h1-4,6,8-11H,5,7,12H2,(H,22,24)(H,23,25). The predicted octanol–water partition coefficient (Wildman–Crippen LogP) is 4.57. The zero-order chi connectivity index (χ0) is 18.4. The summed E-state index contributed by atoms with van der Waals surface area (Å²) in [4.78, 5) is 16.4. The molecule has 2 aromatic heterocycles. The van der Waals surface area contributed by atoms with Crippen molar-refractivity contribution in [3.05, 3.63) is 82.0 Å². The fourth-order valence-electron chi connectivity index (χ4n) is 2.39. The van der Waals surface area contributed by atoms with E-state index >= 15 is 0 Å². The molecular formula is C19H17Cl2N3O2. The Morgan fingerprint density at radius 2 is 2.04 bits per heavy atom. The van der Waals surface area contributed by atoms with Crippen LogP contribution in [0.2, 0.25) is 10.0 Å². The Balaban J connectivity index is 1.53. The summed E-state index contributed by atoms with van der Waals surface area (Å²) in [5.41, 5.74) is 2.07. The van der Waals surface area contributed by atoms with Crippen LogP contribution in [0, 0.1) is 0 Å². The van der Waals surface area contributed by atoms with Gasteiger partial charge >= 0.3 is 0 Å². The van der Waals surface area contributed by atoms with Crippen molar-refractivity contribution in [3.63, 3.8) is 0 Å². The first-order chi connectivity index (χ1) is 12.6. The molecule has 2 N–H and O–H groups in total. The molecule has 3 rings (SSSR count). The van der Waals surface area contributed by atoms with Crippen LogP contribution in [0.25, 0.3) is 0 Å². The molecule has 0 radical (unpaired) electrons. The van der Waals surface area contributed by atoms with E-state index in [2.05, 4.69) is 15.6 Å². The van der Waals surface area contributed by atoms with Gasteiger partial charge in [-0.3, -0.25) is 9.78 Å². The maximum atomic E-state index is 12.3. The number of hydrogen-bond acceptors (Lipinski definition) is 4. The lowest BCUT2D eigenvalue weighted by Gasteiger charge is -2.08. The van der Waals surface area contributed by atoms with E-state index in [9.17, 15) is 4.79 Å². The Hall–Kier alpha value is -2.50. The van der Waals surface area contributed by atoms with Gasteiger partial charge in [-0.15, -0.1) is 0 Å². The quantitative estimate of drug-likeness (QED) is 0.621. The van der Waals surface area contributed by atoms with Crippen LogP contribution in [0.3, 0.4) is 0 Å². The van der Waals surface area contributed by atoms with Gasteiger partial charge in [0.2, 0.25) is 0 Å². The number of nitrogens with zero attached hydrogens (tertiary/aromatic N) is 1. The van der Waals surface area contributed by atoms with E-state index in [1.807, 2.05) is 18.2 Å². The molecule has 5 nitrogen and oxygen atoms in total. The Bertz CT molecular complexity index is 882. The number of pyridine rings is 1. The van der Waals surface area contributed by atoms with Gasteiger partial charge in [-0.1, -0.05) is 29.3 Å². The Morgan fingerprint density at radius 3 is 2.81 bits per heavy atom. The van der Waals surface area contributed by atoms with Crippen LogP contribution in [0.5, 0.6) is 0 Å². The molecular weight excluding hydrogens is 373 g/mol. The number of furan rings is 1. The van der Waals surface area contributed by atoms with Crippen molar-refractivity contribution in [1.29, 1.82) is 0 Å².